The van der Waals surface area contributed by atoms with Gasteiger partial charge in [0.2, 0.25) is 11.5 Å². The van der Waals surface area contributed by atoms with Gasteiger partial charge in [0.05, 0.1) is 12.7 Å². The van der Waals surface area contributed by atoms with Crippen molar-refractivity contribution in [3.05, 3.63) is 52.7 Å². The number of esters is 1. The lowest BCUT2D eigenvalue weighted by Crippen LogP contribution is -2.46. The second-order valence-corrected chi connectivity index (χ2v) is 11.5. The first-order chi connectivity index (χ1) is 19.8. The third kappa shape index (κ3) is 6.45. The number of nitrogen functional groups attached to an aromatic ring is 1. The highest BCUT2D eigenvalue weighted by Gasteiger charge is 2.57. The van der Waals surface area contributed by atoms with Crippen LogP contribution in [0.25, 0.3) is 11.0 Å². The quantitative estimate of drug-likeness (QED) is 0.124. The maximum absolute atomic E-state index is 14.8. The lowest BCUT2D eigenvalue weighted by Gasteiger charge is -2.26. The Bertz CT molecular complexity index is 1630. The highest BCUT2D eigenvalue weighted by atomic mass is 35.5. The minimum atomic E-state index is -4.40. The number of aliphatic hydroxyl groups excluding tert-OH is 1. The van der Waals surface area contributed by atoms with Crippen LogP contribution in [0.4, 0.5) is 10.3 Å². The van der Waals surface area contributed by atoms with Crippen molar-refractivity contribution >= 4 is 42.3 Å². The van der Waals surface area contributed by atoms with Crippen LogP contribution < -0.4 is 20.9 Å². The minimum Gasteiger partial charge on any atom is -0.462 e. The van der Waals surface area contributed by atoms with Crippen LogP contribution in [0, 0.1) is 17.1 Å². The minimum absolute atomic E-state index is 0.121. The number of H-pyrrole nitrogens is 1. The Morgan fingerprint density at radius 3 is 2.71 bits per heavy atom. The summed E-state index contributed by atoms with van der Waals surface area (Å²) in [5, 5.41) is 26.4. The molecule has 3 unspecified atom stereocenters. The van der Waals surface area contributed by atoms with Crippen molar-refractivity contribution in [1.82, 2.24) is 19.6 Å². The summed E-state index contributed by atoms with van der Waals surface area (Å²) in [5.74, 6) is 0.236. The molecule has 1 aliphatic rings. The number of halogens is 2. The van der Waals surface area contributed by atoms with Gasteiger partial charge in [-0.25, -0.2) is 8.96 Å². The van der Waals surface area contributed by atoms with Crippen molar-refractivity contribution in [2.24, 2.45) is 0 Å². The van der Waals surface area contributed by atoms with Crippen molar-refractivity contribution < 1.29 is 42.5 Å². The summed E-state index contributed by atoms with van der Waals surface area (Å²) in [6.45, 7) is 3.96. The third-order valence-electron chi connectivity index (χ3n) is 6.07. The zero-order valence-corrected chi connectivity index (χ0v) is 24.1. The average Bonchev–Trinajstić information content (AvgIpc) is 3.36. The molecule has 0 amide bonds. The van der Waals surface area contributed by atoms with Crippen LogP contribution in [0.15, 0.2) is 41.3 Å². The fraction of sp³-hybridized carbons (Fsp3) is 0.400. The number of para-hydroxylation sites is 1. The van der Waals surface area contributed by atoms with Crippen molar-refractivity contribution in [3.63, 3.8) is 0 Å². The van der Waals surface area contributed by atoms with Crippen molar-refractivity contribution in [2.45, 2.75) is 57.0 Å². The molecule has 17 heteroatoms. The highest BCUT2D eigenvalue weighted by Crippen LogP contribution is 2.47. The van der Waals surface area contributed by atoms with Gasteiger partial charge in [0, 0.05) is 11.6 Å². The first kappa shape index (κ1) is 31.5. The molecule has 1 aliphatic heterocycles. The van der Waals surface area contributed by atoms with E-state index in [2.05, 4.69) is 21.0 Å². The number of ether oxygens (including phenoxy) is 2. The molecule has 2 aromatic heterocycles. The van der Waals surface area contributed by atoms with Gasteiger partial charge < -0.3 is 29.9 Å². The smallest absolute Gasteiger partial charge is 0.459 e. The van der Waals surface area contributed by atoms with Gasteiger partial charge in [-0.05, 0) is 50.4 Å². The van der Waals surface area contributed by atoms with Crippen LogP contribution in [0.5, 0.6) is 5.75 Å². The van der Waals surface area contributed by atoms with E-state index in [0.717, 1.165) is 10.8 Å². The summed E-state index contributed by atoms with van der Waals surface area (Å²) in [5.41, 5.74) is 1.90. The first-order valence-electron chi connectivity index (χ1n) is 12.5. The number of hydrogen-bond acceptors (Lipinski definition) is 11. The molecule has 14 nitrogen and oxygen atoms in total. The molecule has 0 radical (unpaired) electrons. The topological polar surface area (TPSA) is 200 Å². The highest BCUT2D eigenvalue weighted by molar-refractivity contribution is 7.52. The van der Waals surface area contributed by atoms with Crippen molar-refractivity contribution in [3.8, 4) is 17.0 Å². The van der Waals surface area contributed by atoms with Crippen LogP contribution in [-0.4, -0.2) is 67.3 Å². The molecule has 6 N–H and O–H groups in total. The Hall–Kier alpha value is -3.48. The number of aromatic nitrogens is 3. The molecular formula is C25H28ClFN5O9P. The zero-order chi connectivity index (χ0) is 30.8. The Kier molecular flexibility index (Phi) is 9.29. The van der Waals surface area contributed by atoms with Crippen LogP contribution >= 0.6 is 19.3 Å². The second kappa shape index (κ2) is 12.4. The number of carbonyl (C=O) groups is 1. The van der Waals surface area contributed by atoms with E-state index in [0.29, 0.717) is 0 Å². The molecular weight excluding hydrogens is 600 g/mol. The van der Waals surface area contributed by atoms with E-state index in [9.17, 15) is 28.8 Å². The second-order valence-electron chi connectivity index (χ2n) is 9.58. The molecule has 1 fully saturated rings. The number of rotatable bonds is 10. The number of nitrogens with one attached hydrogen (secondary N) is 2. The lowest BCUT2D eigenvalue weighted by atomic mass is 9.95. The van der Waals surface area contributed by atoms with E-state index in [1.165, 1.54) is 19.1 Å². The normalized spacial score (nSPS) is 24.1. The molecule has 226 valence electrons. The van der Waals surface area contributed by atoms with Gasteiger partial charge >= 0.3 is 13.7 Å². The summed E-state index contributed by atoms with van der Waals surface area (Å²) < 4.78 is 51.6. The van der Waals surface area contributed by atoms with Crippen LogP contribution in [0.1, 0.15) is 27.0 Å². The van der Waals surface area contributed by atoms with Crippen LogP contribution in [0.2, 0.25) is 0 Å². The van der Waals surface area contributed by atoms with E-state index in [1.54, 1.807) is 32.0 Å². The predicted octanol–water partition coefficient (Wildman–Crippen LogP) is 1.77. The Morgan fingerprint density at radius 1 is 1.38 bits per heavy atom. The first-order valence-corrected chi connectivity index (χ1v) is 14.4. The van der Waals surface area contributed by atoms with E-state index < -0.39 is 73.3 Å². The van der Waals surface area contributed by atoms with Crippen LogP contribution in [0.3, 0.4) is 0 Å². The molecule has 3 aromatic rings. The number of nitrogens with zero attached hydrogens (tertiary/aromatic N) is 2. The Labute approximate surface area is 243 Å². The fourth-order valence-corrected chi connectivity index (χ4v) is 5.86. The monoisotopic (exact) mass is 627 g/mol. The van der Waals surface area contributed by atoms with E-state index in [4.69, 9.17) is 35.9 Å². The predicted molar refractivity (Wildman–Crippen MR) is 148 cm³/mol. The molecule has 6 atom stereocenters. The largest absolute Gasteiger partial charge is 0.462 e. The molecule has 0 saturated carbocycles. The number of fused-ring (bicyclic) bond motifs is 1. The summed E-state index contributed by atoms with van der Waals surface area (Å²) in [6.07, 6.45) is -4.71. The number of carbonyl (C=O) groups excluding carboxylic acids is 1. The SMILES string of the molecule is CC(C)OC(=O)C(C)NP(=O)(OC[C@H]1O[C@@H](n2cc(F)c3c(=O)[nH]c(N)nc32)[C@@](O)(C#CCl)C1O)Oc1ccccc1. The zero-order valence-electron chi connectivity index (χ0n) is 22.5. The van der Waals surface area contributed by atoms with Gasteiger partial charge in [-0.2, -0.15) is 10.1 Å². The molecule has 4 rings (SSSR count). The van der Waals surface area contributed by atoms with Gasteiger partial charge in [-0.15, -0.1) is 0 Å². The number of aromatic amines is 1. The number of hydrogen-bond donors (Lipinski definition) is 5. The number of benzene rings is 1. The van der Waals surface area contributed by atoms with E-state index in [-0.39, 0.29) is 17.3 Å². The van der Waals surface area contributed by atoms with Crippen molar-refractivity contribution in [1.29, 1.82) is 0 Å². The maximum atomic E-state index is 14.8. The lowest BCUT2D eigenvalue weighted by molar-refractivity contribution is -0.149. The Balaban J connectivity index is 1.64. The number of nitrogens with two attached hydrogens (primary N) is 1. The molecule has 42 heavy (non-hydrogen) atoms. The summed E-state index contributed by atoms with van der Waals surface area (Å²) in [4.78, 5) is 30.8. The fourth-order valence-electron chi connectivity index (χ4n) is 4.21. The third-order valence-corrected chi connectivity index (χ3v) is 7.81. The maximum Gasteiger partial charge on any atom is 0.459 e. The molecule has 0 spiro atoms. The van der Waals surface area contributed by atoms with Gasteiger partial charge in [-0.3, -0.25) is 23.7 Å². The molecule has 1 aromatic carbocycles. The molecule has 1 saturated heterocycles. The summed E-state index contributed by atoms with van der Waals surface area (Å²) in [7, 11) is -4.40. The van der Waals surface area contributed by atoms with Gasteiger partial charge in [0.25, 0.3) is 5.56 Å². The standard InChI is InChI=1S/C25H28ClFN5O9P/c1-13(2)39-22(35)14(3)31-42(37,41-15-7-5-4-6-8-15)38-12-17-19(33)25(36,9-10-26)23(40-17)32-11-16(27)18-20(32)29-24(28)30-21(18)34/h4-8,11,13-14,17,19,23,33,36H,12H2,1-3H3,(H,31,37)(H3,28,29,30,34)/t14?,17-,19?,23-,25-,42?/m1/s1. The van der Waals surface area contributed by atoms with Gasteiger partial charge in [-0.1, -0.05) is 18.2 Å². The Morgan fingerprint density at radius 2 is 2.07 bits per heavy atom. The van der Waals surface area contributed by atoms with E-state index in [1.807, 2.05) is 5.38 Å². The van der Waals surface area contributed by atoms with Gasteiger partial charge in [0.15, 0.2) is 17.7 Å². The van der Waals surface area contributed by atoms with Crippen molar-refractivity contribution in [2.75, 3.05) is 12.3 Å². The van der Waals surface area contributed by atoms with E-state index >= 15 is 0 Å². The van der Waals surface area contributed by atoms with Crippen LogP contribution in [-0.2, 0) is 23.4 Å². The molecule has 3 heterocycles. The summed E-state index contributed by atoms with van der Waals surface area (Å²) >= 11 is 5.56. The number of aliphatic hydroxyl groups is 2. The average molecular weight is 628 g/mol. The van der Waals surface area contributed by atoms with Gasteiger partial charge in [0.1, 0.15) is 29.4 Å². The summed E-state index contributed by atoms with van der Waals surface area (Å²) in [6, 6.07) is 6.75. The molecule has 0 aliphatic carbocycles. The molecule has 0 bridgehead atoms. The number of anilines is 1.